The lowest BCUT2D eigenvalue weighted by Crippen LogP contribution is -1.93. The first-order valence-electron chi connectivity index (χ1n) is 3.41. The third kappa shape index (κ3) is 2.72. The molecule has 0 saturated carbocycles. The van der Waals surface area contributed by atoms with Gasteiger partial charge in [0.05, 0.1) is 0 Å². The van der Waals surface area contributed by atoms with Crippen LogP contribution in [0.25, 0.3) is 0 Å². The Morgan fingerprint density at radius 2 is 2.55 bits per heavy atom. The van der Waals surface area contributed by atoms with Crippen molar-refractivity contribution in [3.05, 3.63) is 35.4 Å². The first-order valence-corrected chi connectivity index (χ1v) is 3.79. The summed E-state index contributed by atoms with van der Waals surface area (Å²) in [5.41, 5.74) is 0. The summed E-state index contributed by atoms with van der Waals surface area (Å²) >= 11 is 5.69. The van der Waals surface area contributed by atoms with E-state index in [9.17, 15) is 4.79 Å². The van der Waals surface area contributed by atoms with E-state index < -0.39 is 0 Å². The largest absolute Gasteiger partial charge is 0.286 e. The van der Waals surface area contributed by atoms with Crippen LogP contribution in [0.5, 0.6) is 0 Å². The molecule has 57 valence electrons. The second-order valence-corrected chi connectivity index (χ2v) is 2.76. The van der Waals surface area contributed by atoms with E-state index in [0.717, 1.165) is 11.5 Å². The van der Waals surface area contributed by atoms with E-state index in [1.807, 2.05) is 24.3 Å². The number of carbonyl (C=O) groups excluding carboxylic acids is 1. The molecule has 0 fully saturated rings. The highest BCUT2D eigenvalue weighted by Crippen LogP contribution is 2.19. The van der Waals surface area contributed by atoms with E-state index in [2.05, 4.69) is 0 Å². The molecule has 1 radical (unpaired) electrons. The van der Waals surface area contributed by atoms with Gasteiger partial charge in [-0.1, -0.05) is 29.8 Å². The topological polar surface area (TPSA) is 17.1 Å². The molecule has 1 unspecified atom stereocenters. The fourth-order valence-electron chi connectivity index (χ4n) is 0.916. The van der Waals surface area contributed by atoms with Crippen LogP contribution in [0.1, 0.15) is 6.42 Å². The molecular formula is C9H8ClO. The first kappa shape index (κ1) is 8.28. The molecule has 1 atom stereocenters. The third-order valence-corrected chi connectivity index (χ3v) is 1.78. The molecular weight excluding hydrogens is 160 g/mol. The average molecular weight is 168 g/mol. The van der Waals surface area contributed by atoms with Gasteiger partial charge in [-0.3, -0.25) is 4.79 Å². The molecule has 0 aromatic carbocycles. The van der Waals surface area contributed by atoms with Crippen molar-refractivity contribution in [2.45, 2.75) is 6.42 Å². The van der Waals surface area contributed by atoms with Gasteiger partial charge < -0.3 is 0 Å². The predicted molar refractivity (Wildman–Crippen MR) is 46.0 cm³/mol. The van der Waals surface area contributed by atoms with Crippen molar-refractivity contribution < 1.29 is 4.79 Å². The van der Waals surface area contributed by atoms with Crippen LogP contribution in [0.15, 0.2) is 35.4 Å². The highest BCUT2D eigenvalue weighted by atomic mass is 35.5. The number of hydrogen-bond acceptors (Lipinski definition) is 1. The minimum Gasteiger partial charge on any atom is -0.286 e. The summed E-state index contributed by atoms with van der Waals surface area (Å²) < 4.78 is 0. The number of hydrogen-bond donors (Lipinski definition) is 0. The van der Waals surface area contributed by atoms with Crippen molar-refractivity contribution in [1.82, 2.24) is 0 Å². The molecule has 1 aliphatic carbocycles. The van der Waals surface area contributed by atoms with E-state index >= 15 is 0 Å². The number of halogens is 1. The minimum absolute atomic E-state index is 0.305. The van der Waals surface area contributed by atoms with Gasteiger partial charge in [0, 0.05) is 5.03 Å². The van der Waals surface area contributed by atoms with Crippen LogP contribution in [-0.4, -0.2) is 6.29 Å². The Bertz CT molecular complexity index is 226. The van der Waals surface area contributed by atoms with Crippen molar-refractivity contribution >= 4 is 17.9 Å². The average Bonchev–Trinajstić information content (AvgIpc) is 2.04. The standard InChI is InChI=1S/C9H8ClO/c10-9-5-3-8(4-6-9)2-1-7-11/h1-3,5-6,8H,4H2. The van der Waals surface area contributed by atoms with Crippen LogP contribution in [0.4, 0.5) is 0 Å². The highest BCUT2D eigenvalue weighted by molar-refractivity contribution is 6.31. The zero-order chi connectivity index (χ0) is 8.10. The van der Waals surface area contributed by atoms with E-state index in [1.165, 1.54) is 6.08 Å². The Balaban J connectivity index is 2.49. The van der Waals surface area contributed by atoms with Gasteiger partial charge >= 0.3 is 0 Å². The summed E-state index contributed by atoms with van der Waals surface area (Å²) in [6.07, 6.45) is 11.5. The van der Waals surface area contributed by atoms with Crippen LogP contribution in [0.3, 0.4) is 0 Å². The van der Waals surface area contributed by atoms with E-state index in [0.29, 0.717) is 5.92 Å². The highest BCUT2D eigenvalue weighted by Gasteiger charge is 2.02. The molecule has 0 aliphatic heterocycles. The van der Waals surface area contributed by atoms with E-state index in [4.69, 9.17) is 11.6 Å². The zero-order valence-corrected chi connectivity index (χ0v) is 6.71. The fraction of sp³-hybridized carbons (Fsp3) is 0.222. The van der Waals surface area contributed by atoms with Gasteiger partial charge in [0.1, 0.15) is 0 Å². The second kappa shape index (κ2) is 4.14. The maximum absolute atomic E-state index is 9.83. The molecule has 0 amide bonds. The number of allylic oxidation sites excluding steroid dienone is 6. The van der Waals surface area contributed by atoms with Crippen LogP contribution in [0.2, 0.25) is 0 Å². The van der Waals surface area contributed by atoms with Crippen LogP contribution in [-0.2, 0) is 4.79 Å². The van der Waals surface area contributed by atoms with E-state index in [1.54, 1.807) is 6.29 Å². The van der Waals surface area contributed by atoms with Gasteiger partial charge in [-0.15, -0.1) is 0 Å². The SMILES string of the molecule is O=[C]C=CC1C=CC(Cl)=CC1. The van der Waals surface area contributed by atoms with Gasteiger partial charge in [-0.2, -0.15) is 0 Å². The fourth-order valence-corrected chi connectivity index (χ4v) is 1.08. The zero-order valence-electron chi connectivity index (χ0n) is 5.96. The maximum Gasteiger partial charge on any atom is 0.225 e. The third-order valence-electron chi connectivity index (χ3n) is 1.50. The van der Waals surface area contributed by atoms with E-state index in [-0.39, 0.29) is 0 Å². The Labute approximate surface area is 71.0 Å². The van der Waals surface area contributed by atoms with Crippen molar-refractivity contribution in [3.63, 3.8) is 0 Å². The minimum atomic E-state index is 0.305. The molecule has 11 heavy (non-hydrogen) atoms. The van der Waals surface area contributed by atoms with Gasteiger partial charge in [0.25, 0.3) is 0 Å². The van der Waals surface area contributed by atoms with Crippen LogP contribution in [0, 0.1) is 5.92 Å². The molecule has 0 spiro atoms. The molecule has 0 saturated heterocycles. The summed E-state index contributed by atoms with van der Waals surface area (Å²) in [6.45, 7) is 0. The Morgan fingerprint density at radius 3 is 3.09 bits per heavy atom. The quantitative estimate of drug-likeness (QED) is 0.577. The molecule has 0 bridgehead atoms. The molecule has 1 aliphatic rings. The molecule has 0 aromatic heterocycles. The van der Waals surface area contributed by atoms with Crippen LogP contribution < -0.4 is 0 Å². The Morgan fingerprint density at radius 1 is 1.73 bits per heavy atom. The smallest absolute Gasteiger partial charge is 0.225 e. The molecule has 0 aromatic rings. The van der Waals surface area contributed by atoms with Crippen molar-refractivity contribution in [1.29, 1.82) is 0 Å². The lowest BCUT2D eigenvalue weighted by atomic mass is 10.0. The monoisotopic (exact) mass is 167 g/mol. The van der Waals surface area contributed by atoms with Gasteiger partial charge in [-0.05, 0) is 24.5 Å². The van der Waals surface area contributed by atoms with Crippen molar-refractivity contribution in [3.8, 4) is 0 Å². The predicted octanol–water partition coefficient (Wildman–Crippen LogP) is 2.35. The van der Waals surface area contributed by atoms with Gasteiger partial charge in [0.2, 0.25) is 6.29 Å². The molecule has 0 N–H and O–H groups in total. The van der Waals surface area contributed by atoms with Crippen molar-refractivity contribution in [2.75, 3.05) is 0 Å². The van der Waals surface area contributed by atoms with Gasteiger partial charge in [0.15, 0.2) is 0 Å². The molecule has 2 heteroatoms. The van der Waals surface area contributed by atoms with Crippen molar-refractivity contribution in [2.24, 2.45) is 5.92 Å². The summed E-state index contributed by atoms with van der Waals surface area (Å²) in [7, 11) is 0. The molecule has 1 rings (SSSR count). The summed E-state index contributed by atoms with van der Waals surface area (Å²) in [5, 5.41) is 0.768. The lowest BCUT2D eigenvalue weighted by Gasteiger charge is -2.07. The second-order valence-electron chi connectivity index (χ2n) is 2.32. The van der Waals surface area contributed by atoms with Crippen LogP contribution >= 0.6 is 11.6 Å². The number of rotatable bonds is 2. The normalized spacial score (nSPS) is 23.7. The molecule has 1 nitrogen and oxygen atoms in total. The first-order chi connectivity index (χ1) is 5.33. The Kier molecular flexibility index (Phi) is 3.12. The molecule has 0 heterocycles. The summed E-state index contributed by atoms with van der Waals surface area (Å²) in [5.74, 6) is 0.305. The maximum atomic E-state index is 9.83. The van der Waals surface area contributed by atoms with Gasteiger partial charge in [-0.25, -0.2) is 0 Å². The summed E-state index contributed by atoms with van der Waals surface area (Å²) in [6, 6.07) is 0. The Hall–Kier alpha value is -0.820. The summed E-state index contributed by atoms with van der Waals surface area (Å²) in [4.78, 5) is 9.83. The lowest BCUT2D eigenvalue weighted by molar-refractivity contribution is 0.564.